The van der Waals surface area contributed by atoms with Crippen LogP contribution >= 0.6 is 0 Å². The summed E-state index contributed by atoms with van der Waals surface area (Å²) in [5, 5.41) is 7.12. The van der Waals surface area contributed by atoms with E-state index in [-0.39, 0.29) is 5.91 Å². The van der Waals surface area contributed by atoms with E-state index in [1.807, 2.05) is 36.4 Å². The molecule has 25 heavy (non-hydrogen) atoms. The molecule has 128 valence electrons. The zero-order valence-electron chi connectivity index (χ0n) is 14.3. The zero-order valence-corrected chi connectivity index (χ0v) is 14.3. The van der Waals surface area contributed by atoms with Crippen molar-refractivity contribution in [1.29, 1.82) is 0 Å². The van der Waals surface area contributed by atoms with Crippen molar-refractivity contribution in [3.05, 3.63) is 60.4 Å². The van der Waals surface area contributed by atoms with Crippen LogP contribution in [0.1, 0.15) is 36.5 Å². The summed E-state index contributed by atoms with van der Waals surface area (Å²) >= 11 is 0. The third kappa shape index (κ3) is 4.53. The Labute approximate surface area is 147 Å². The monoisotopic (exact) mass is 334 g/mol. The molecule has 0 fully saturated rings. The number of benzene rings is 1. The van der Waals surface area contributed by atoms with Crippen LogP contribution in [0.5, 0.6) is 0 Å². The van der Waals surface area contributed by atoms with E-state index in [4.69, 9.17) is 0 Å². The Morgan fingerprint density at radius 3 is 2.72 bits per heavy atom. The maximum atomic E-state index is 12.4. The Hall–Kier alpha value is -2.95. The maximum absolute atomic E-state index is 12.4. The fourth-order valence-corrected chi connectivity index (χ4v) is 2.57. The van der Waals surface area contributed by atoms with Gasteiger partial charge in [0.15, 0.2) is 0 Å². The molecule has 1 aromatic carbocycles. The number of rotatable bonds is 7. The Morgan fingerprint density at radius 2 is 1.92 bits per heavy atom. The maximum Gasteiger partial charge on any atom is 0.257 e. The van der Waals surface area contributed by atoms with Crippen LogP contribution in [0.15, 0.2) is 54.9 Å². The van der Waals surface area contributed by atoms with Gasteiger partial charge in [-0.3, -0.25) is 9.78 Å². The number of nitrogens with one attached hydrogen (secondary N) is 2. The van der Waals surface area contributed by atoms with Crippen molar-refractivity contribution in [2.45, 2.75) is 26.2 Å². The largest absolute Gasteiger partial charge is 0.370 e. The minimum atomic E-state index is -0.192. The Balaban J connectivity index is 1.62. The highest BCUT2D eigenvalue weighted by Crippen LogP contribution is 2.17. The number of nitrogens with zero attached hydrogens (tertiary/aromatic N) is 2. The number of unbranched alkanes of at least 4 members (excludes halogenated alkanes) is 2. The molecule has 2 aromatic heterocycles. The molecule has 0 aliphatic carbocycles. The molecule has 2 N–H and O–H groups in total. The highest BCUT2D eigenvalue weighted by Gasteiger charge is 2.07. The second kappa shape index (κ2) is 8.24. The number of para-hydroxylation sites is 1. The molecule has 5 nitrogen and oxygen atoms in total. The lowest BCUT2D eigenvalue weighted by Crippen LogP contribution is -2.13. The first-order chi connectivity index (χ1) is 12.3. The van der Waals surface area contributed by atoms with Crippen molar-refractivity contribution in [3.63, 3.8) is 0 Å². The SMILES string of the molecule is CCCCCNc1ccc(C(=O)Nc2cnc3ccccc3c2)cn1. The van der Waals surface area contributed by atoms with Gasteiger partial charge in [-0.15, -0.1) is 0 Å². The molecule has 1 amide bonds. The van der Waals surface area contributed by atoms with Crippen LogP contribution in [-0.4, -0.2) is 22.4 Å². The number of hydrogen-bond acceptors (Lipinski definition) is 4. The van der Waals surface area contributed by atoms with Crippen LogP contribution in [0.4, 0.5) is 11.5 Å². The van der Waals surface area contributed by atoms with Crippen LogP contribution in [0.3, 0.4) is 0 Å². The molecule has 3 aromatic rings. The van der Waals surface area contributed by atoms with E-state index < -0.39 is 0 Å². The number of carbonyl (C=O) groups excluding carboxylic acids is 1. The molecule has 0 radical (unpaired) electrons. The van der Waals surface area contributed by atoms with Gasteiger partial charge in [0.2, 0.25) is 0 Å². The van der Waals surface area contributed by atoms with Crippen molar-refractivity contribution < 1.29 is 4.79 Å². The lowest BCUT2D eigenvalue weighted by atomic mass is 10.2. The van der Waals surface area contributed by atoms with Gasteiger partial charge in [-0.05, 0) is 30.7 Å². The summed E-state index contributed by atoms with van der Waals surface area (Å²) in [5.41, 5.74) is 2.10. The predicted octanol–water partition coefficient (Wildman–Crippen LogP) is 4.48. The van der Waals surface area contributed by atoms with E-state index in [0.717, 1.165) is 29.7 Å². The molecule has 0 saturated heterocycles. The third-order valence-corrected chi connectivity index (χ3v) is 3.96. The fourth-order valence-electron chi connectivity index (χ4n) is 2.57. The van der Waals surface area contributed by atoms with Crippen LogP contribution < -0.4 is 10.6 Å². The molecular formula is C20H22N4O. The average Bonchev–Trinajstić information content (AvgIpc) is 2.65. The standard InChI is InChI=1S/C20H22N4O/c1-2-3-6-11-21-19-10-9-16(13-23-19)20(25)24-17-12-15-7-4-5-8-18(15)22-14-17/h4-5,7-10,12-14H,2-3,6,11H2,1H3,(H,21,23)(H,24,25). The van der Waals surface area contributed by atoms with Gasteiger partial charge in [-0.1, -0.05) is 38.0 Å². The lowest BCUT2D eigenvalue weighted by Gasteiger charge is -2.08. The molecule has 0 bridgehead atoms. The highest BCUT2D eigenvalue weighted by molar-refractivity contribution is 6.04. The van der Waals surface area contributed by atoms with E-state index in [9.17, 15) is 4.79 Å². The van der Waals surface area contributed by atoms with Gasteiger partial charge in [-0.2, -0.15) is 0 Å². The summed E-state index contributed by atoms with van der Waals surface area (Å²) in [6.45, 7) is 3.08. The molecule has 2 heterocycles. The number of carbonyl (C=O) groups is 1. The Morgan fingerprint density at radius 1 is 1.04 bits per heavy atom. The summed E-state index contributed by atoms with van der Waals surface area (Å²) in [7, 11) is 0. The van der Waals surface area contributed by atoms with Crippen molar-refractivity contribution in [2.75, 3.05) is 17.2 Å². The second-order valence-corrected chi connectivity index (χ2v) is 5.94. The molecule has 0 aliphatic rings. The summed E-state index contributed by atoms with van der Waals surface area (Å²) in [5.74, 6) is 0.599. The molecule has 0 unspecified atom stereocenters. The van der Waals surface area contributed by atoms with Crippen LogP contribution in [-0.2, 0) is 0 Å². The average molecular weight is 334 g/mol. The summed E-state index contributed by atoms with van der Waals surface area (Å²) in [6.07, 6.45) is 6.77. The smallest absolute Gasteiger partial charge is 0.257 e. The number of hydrogen-bond donors (Lipinski definition) is 2. The molecule has 0 spiro atoms. The van der Waals surface area contributed by atoms with Gasteiger partial charge in [0.05, 0.1) is 23.0 Å². The molecule has 5 heteroatoms. The van der Waals surface area contributed by atoms with Crippen LogP contribution in [0, 0.1) is 0 Å². The number of amides is 1. The normalized spacial score (nSPS) is 10.6. The van der Waals surface area contributed by atoms with E-state index in [2.05, 4.69) is 27.5 Å². The van der Waals surface area contributed by atoms with Crippen LogP contribution in [0.2, 0.25) is 0 Å². The summed E-state index contributed by atoms with van der Waals surface area (Å²) in [4.78, 5) is 21.0. The quantitative estimate of drug-likeness (QED) is 0.625. The number of pyridine rings is 2. The van der Waals surface area contributed by atoms with Gasteiger partial charge in [0, 0.05) is 18.1 Å². The van der Waals surface area contributed by atoms with Crippen molar-refractivity contribution in [3.8, 4) is 0 Å². The lowest BCUT2D eigenvalue weighted by molar-refractivity contribution is 0.102. The second-order valence-electron chi connectivity index (χ2n) is 5.94. The predicted molar refractivity (Wildman–Crippen MR) is 102 cm³/mol. The number of anilines is 2. The van der Waals surface area contributed by atoms with Crippen molar-refractivity contribution in [1.82, 2.24) is 9.97 Å². The topological polar surface area (TPSA) is 66.9 Å². The summed E-state index contributed by atoms with van der Waals surface area (Å²) in [6, 6.07) is 13.3. The van der Waals surface area contributed by atoms with Crippen molar-refractivity contribution in [2.24, 2.45) is 0 Å². The van der Waals surface area contributed by atoms with Gasteiger partial charge in [0.1, 0.15) is 5.82 Å². The molecule has 0 aliphatic heterocycles. The first-order valence-electron chi connectivity index (χ1n) is 8.62. The molecular weight excluding hydrogens is 312 g/mol. The van der Waals surface area contributed by atoms with E-state index in [1.165, 1.54) is 12.8 Å². The first kappa shape index (κ1) is 16.9. The Kier molecular flexibility index (Phi) is 5.57. The van der Waals surface area contributed by atoms with E-state index in [0.29, 0.717) is 11.3 Å². The number of aromatic nitrogens is 2. The highest BCUT2D eigenvalue weighted by atomic mass is 16.1. The van der Waals surface area contributed by atoms with E-state index in [1.54, 1.807) is 18.5 Å². The minimum absolute atomic E-state index is 0.192. The van der Waals surface area contributed by atoms with E-state index >= 15 is 0 Å². The van der Waals surface area contributed by atoms with Gasteiger partial charge < -0.3 is 10.6 Å². The molecule has 0 atom stereocenters. The van der Waals surface area contributed by atoms with Gasteiger partial charge >= 0.3 is 0 Å². The Bertz CT molecular complexity index is 846. The zero-order chi connectivity index (χ0) is 17.5. The van der Waals surface area contributed by atoms with Crippen molar-refractivity contribution >= 4 is 28.3 Å². The number of fused-ring (bicyclic) bond motifs is 1. The van der Waals surface area contributed by atoms with Gasteiger partial charge in [-0.25, -0.2) is 4.98 Å². The fraction of sp³-hybridized carbons (Fsp3) is 0.250. The van der Waals surface area contributed by atoms with Crippen LogP contribution in [0.25, 0.3) is 10.9 Å². The molecule has 0 saturated carbocycles. The summed E-state index contributed by atoms with van der Waals surface area (Å²) < 4.78 is 0. The molecule has 3 rings (SSSR count). The van der Waals surface area contributed by atoms with Gasteiger partial charge in [0.25, 0.3) is 5.91 Å². The first-order valence-corrected chi connectivity index (χ1v) is 8.62. The third-order valence-electron chi connectivity index (χ3n) is 3.96. The minimum Gasteiger partial charge on any atom is -0.370 e.